The molecule has 0 radical (unpaired) electrons. The third-order valence-corrected chi connectivity index (χ3v) is 5.26. The average molecular weight is 438 g/mol. The molecule has 136 valence electrons. The molecule has 3 aromatic rings. The molecule has 0 spiro atoms. The topological polar surface area (TPSA) is 83.3 Å². The number of methoxy groups -OCH3 is 1. The number of fused-ring (bicyclic) bond motifs is 1. The molecule has 0 unspecified atom stereocenters. The number of hydrogen-bond acceptors (Lipinski definition) is 7. The van der Waals surface area contributed by atoms with Gasteiger partial charge >= 0.3 is 11.9 Å². The van der Waals surface area contributed by atoms with Gasteiger partial charge in [-0.3, -0.25) is 9.59 Å². The van der Waals surface area contributed by atoms with Crippen LogP contribution in [0.5, 0.6) is 0 Å². The number of thiophene rings is 1. The summed E-state index contributed by atoms with van der Waals surface area (Å²) in [4.78, 5) is 23.5. The molecule has 7 nitrogen and oxygen atoms in total. The van der Waals surface area contributed by atoms with Crippen molar-refractivity contribution in [3.8, 4) is 0 Å². The van der Waals surface area contributed by atoms with Crippen LogP contribution in [0.15, 0.2) is 34.2 Å². The molecule has 0 N–H and O–H groups in total. The van der Waals surface area contributed by atoms with E-state index >= 15 is 0 Å². The highest BCUT2D eigenvalue weighted by atomic mass is 79.9. The van der Waals surface area contributed by atoms with E-state index < -0.39 is 12.1 Å². The van der Waals surface area contributed by atoms with Gasteiger partial charge in [0.25, 0.3) is 0 Å². The third-order valence-electron chi connectivity index (χ3n) is 3.75. The van der Waals surface area contributed by atoms with Crippen LogP contribution in [0.4, 0.5) is 0 Å². The lowest BCUT2D eigenvalue weighted by molar-refractivity contribution is -0.148. The fourth-order valence-electron chi connectivity index (χ4n) is 2.42. The van der Waals surface area contributed by atoms with Gasteiger partial charge in [0.05, 0.1) is 19.7 Å². The number of benzene rings is 1. The van der Waals surface area contributed by atoms with Gasteiger partial charge in [-0.15, -0.1) is 16.4 Å². The van der Waals surface area contributed by atoms with E-state index in [2.05, 4.69) is 31.0 Å². The molecule has 26 heavy (non-hydrogen) atoms. The molecule has 3 rings (SSSR count). The maximum atomic E-state index is 12.3. The van der Waals surface area contributed by atoms with Crippen LogP contribution in [-0.2, 0) is 32.0 Å². The summed E-state index contributed by atoms with van der Waals surface area (Å²) in [5.41, 5.74) is 1.40. The van der Waals surface area contributed by atoms with Crippen LogP contribution in [0.1, 0.15) is 24.3 Å². The molecule has 1 aromatic carbocycles. The number of nitrogens with zero attached hydrogens (tertiary/aromatic N) is 3. The van der Waals surface area contributed by atoms with Gasteiger partial charge in [-0.25, -0.2) is 4.68 Å². The van der Waals surface area contributed by atoms with Crippen molar-refractivity contribution in [2.45, 2.75) is 26.0 Å². The van der Waals surface area contributed by atoms with E-state index in [1.54, 1.807) is 24.5 Å². The Bertz CT molecular complexity index is 953. The van der Waals surface area contributed by atoms with E-state index in [0.29, 0.717) is 5.69 Å². The molecule has 0 bridgehead atoms. The van der Waals surface area contributed by atoms with Crippen molar-refractivity contribution in [1.29, 1.82) is 0 Å². The molecule has 0 saturated heterocycles. The van der Waals surface area contributed by atoms with Crippen molar-refractivity contribution in [2.24, 2.45) is 0 Å². The fourth-order valence-corrected chi connectivity index (χ4v) is 3.72. The third kappa shape index (κ3) is 4.28. The molecule has 0 aliphatic rings. The lowest BCUT2D eigenvalue weighted by Crippen LogP contribution is -2.12. The predicted molar refractivity (Wildman–Crippen MR) is 99.8 cm³/mol. The van der Waals surface area contributed by atoms with Crippen LogP contribution in [0.3, 0.4) is 0 Å². The highest BCUT2D eigenvalue weighted by Crippen LogP contribution is 2.29. The first-order valence-electron chi connectivity index (χ1n) is 7.78. The van der Waals surface area contributed by atoms with E-state index in [-0.39, 0.29) is 18.9 Å². The van der Waals surface area contributed by atoms with Crippen molar-refractivity contribution < 1.29 is 19.1 Å². The van der Waals surface area contributed by atoms with Gasteiger partial charge < -0.3 is 9.47 Å². The minimum absolute atomic E-state index is 0.0417. The number of carbonyl (C=O) groups is 2. The summed E-state index contributed by atoms with van der Waals surface area (Å²) in [5.74, 6) is -0.777. The molecule has 0 aliphatic carbocycles. The number of hydrogen-bond donors (Lipinski definition) is 0. The van der Waals surface area contributed by atoms with Gasteiger partial charge in [0.15, 0.2) is 0 Å². The molecular formula is C17H16BrN3O4S. The lowest BCUT2D eigenvalue weighted by atomic mass is 10.1. The molecule has 0 fully saturated rings. The summed E-state index contributed by atoms with van der Waals surface area (Å²) in [5, 5.41) is 10.8. The summed E-state index contributed by atoms with van der Waals surface area (Å²) >= 11 is 5.04. The van der Waals surface area contributed by atoms with Crippen molar-refractivity contribution >= 4 is 49.3 Å². The summed E-state index contributed by atoms with van der Waals surface area (Å²) in [6.07, 6.45) is 1.17. The molecule has 0 saturated carbocycles. The molecule has 1 atom stereocenters. The monoisotopic (exact) mass is 437 g/mol. The van der Waals surface area contributed by atoms with Crippen molar-refractivity contribution in [3.63, 3.8) is 0 Å². The van der Waals surface area contributed by atoms with Crippen molar-refractivity contribution in [1.82, 2.24) is 15.0 Å². The van der Waals surface area contributed by atoms with E-state index in [9.17, 15) is 9.59 Å². The Morgan fingerprint density at radius 2 is 2.15 bits per heavy atom. The van der Waals surface area contributed by atoms with E-state index in [4.69, 9.17) is 4.74 Å². The summed E-state index contributed by atoms with van der Waals surface area (Å²) in [6.45, 7) is 1.67. The second kappa shape index (κ2) is 7.96. The Balaban J connectivity index is 1.64. The Labute approximate surface area is 162 Å². The highest BCUT2D eigenvalue weighted by molar-refractivity contribution is 9.10. The Morgan fingerprint density at radius 1 is 1.35 bits per heavy atom. The van der Waals surface area contributed by atoms with Crippen LogP contribution >= 0.6 is 27.3 Å². The standard InChI is InChI=1S/C17H16BrN3O4S/c1-10(14-7-21(20-19-14)8-17(23)24-2)25-16(22)5-11-9-26-15-4-3-12(18)6-13(11)15/h3-4,6-7,9-10H,5,8H2,1-2H3/t10-/m1/s1. The molecule has 0 aliphatic heterocycles. The van der Waals surface area contributed by atoms with Gasteiger partial charge in [0.1, 0.15) is 18.3 Å². The lowest BCUT2D eigenvalue weighted by Gasteiger charge is -2.10. The van der Waals surface area contributed by atoms with Gasteiger partial charge in [-0.05, 0) is 41.5 Å². The number of ether oxygens (including phenoxy) is 2. The van der Waals surface area contributed by atoms with E-state index in [1.165, 1.54) is 11.8 Å². The van der Waals surface area contributed by atoms with Gasteiger partial charge in [0, 0.05) is 9.17 Å². The number of halogens is 1. The molecule has 9 heteroatoms. The first kappa shape index (κ1) is 18.5. The Morgan fingerprint density at radius 3 is 2.92 bits per heavy atom. The minimum atomic E-state index is -0.564. The second-order valence-corrected chi connectivity index (χ2v) is 7.45. The Hall–Kier alpha value is -2.26. The number of esters is 2. The SMILES string of the molecule is COC(=O)Cn1cc([C@@H](C)OC(=O)Cc2csc3ccc(Br)cc23)nn1. The number of aromatic nitrogens is 3. The molecular weight excluding hydrogens is 422 g/mol. The zero-order chi connectivity index (χ0) is 18.7. The molecule has 0 amide bonds. The van der Waals surface area contributed by atoms with Crippen LogP contribution in [-0.4, -0.2) is 34.0 Å². The Kier molecular flexibility index (Phi) is 5.67. The summed E-state index contributed by atoms with van der Waals surface area (Å²) in [7, 11) is 1.30. The smallest absolute Gasteiger partial charge is 0.327 e. The van der Waals surface area contributed by atoms with Gasteiger partial charge in [-0.2, -0.15) is 0 Å². The van der Waals surface area contributed by atoms with Gasteiger partial charge in [0.2, 0.25) is 0 Å². The van der Waals surface area contributed by atoms with Crippen molar-refractivity contribution in [2.75, 3.05) is 7.11 Å². The predicted octanol–water partition coefficient (Wildman–Crippen LogP) is 3.28. The van der Waals surface area contributed by atoms with Gasteiger partial charge in [-0.1, -0.05) is 21.1 Å². The first-order valence-corrected chi connectivity index (χ1v) is 9.45. The average Bonchev–Trinajstić information content (AvgIpc) is 3.22. The van der Waals surface area contributed by atoms with Crippen LogP contribution in [0.25, 0.3) is 10.1 Å². The number of carbonyl (C=O) groups excluding carboxylic acids is 2. The quantitative estimate of drug-likeness (QED) is 0.550. The molecule has 2 aromatic heterocycles. The minimum Gasteiger partial charge on any atom is -0.468 e. The summed E-state index contributed by atoms with van der Waals surface area (Å²) < 4.78 is 13.5. The molecule has 2 heterocycles. The number of rotatable bonds is 6. The second-order valence-electron chi connectivity index (χ2n) is 5.63. The highest BCUT2D eigenvalue weighted by Gasteiger charge is 2.18. The maximum absolute atomic E-state index is 12.3. The first-order chi connectivity index (χ1) is 12.5. The van der Waals surface area contributed by atoms with Crippen molar-refractivity contribution in [3.05, 3.63) is 45.5 Å². The zero-order valence-corrected chi connectivity index (χ0v) is 16.5. The van der Waals surface area contributed by atoms with Crippen LogP contribution < -0.4 is 0 Å². The normalized spacial score (nSPS) is 12.1. The zero-order valence-electron chi connectivity index (χ0n) is 14.1. The summed E-state index contributed by atoms with van der Waals surface area (Å²) in [6, 6.07) is 5.98. The maximum Gasteiger partial charge on any atom is 0.327 e. The van der Waals surface area contributed by atoms with E-state index in [0.717, 1.165) is 20.1 Å². The largest absolute Gasteiger partial charge is 0.468 e. The van der Waals surface area contributed by atoms with Crippen LogP contribution in [0, 0.1) is 0 Å². The van der Waals surface area contributed by atoms with Crippen LogP contribution in [0.2, 0.25) is 0 Å². The fraction of sp³-hybridized carbons (Fsp3) is 0.294. The van der Waals surface area contributed by atoms with E-state index in [1.807, 2.05) is 23.6 Å².